The smallest absolute Gasteiger partial charge is 0.290 e. The molecule has 1 rings (SSSR count). The lowest BCUT2D eigenvalue weighted by Crippen LogP contribution is -2.04. The Kier molecular flexibility index (Phi) is 3.62. The lowest BCUT2D eigenvalue weighted by atomic mass is 10.2. The number of halogens is 1. The van der Waals surface area contributed by atoms with Crippen molar-refractivity contribution in [3.8, 4) is 0 Å². The van der Waals surface area contributed by atoms with E-state index in [2.05, 4.69) is 0 Å². The first-order valence-corrected chi connectivity index (χ1v) is 4.24. The molecule has 0 saturated carbocycles. The predicted octanol–water partition coefficient (Wildman–Crippen LogP) is 1.86. The molecule has 0 aliphatic heterocycles. The van der Waals surface area contributed by atoms with Gasteiger partial charge in [0.15, 0.2) is 0 Å². The number of rotatable bonds is 3. The van der Waals surface area contributed by atoms with Gasteiger partial charge in [-0.3, -0.25) is 10.1 Å². The van der Waals surface area contributed by atoms with Gasteiger partial charge in [-0.2, -0.15) is 0 Å². The highest BCUT2D eigenvalue weighted by atomic mass is 35.5. The van der Waals surface area contributed by atoms with Crippen molar-refractivity contribution in [1.82, 2.24) is 0 Å². The summed E-state index contributed by atoms with van der Waals surface area (Å²) in [5.74, 6) is 0. The molecule has 0 atom stereocenters. The molecule has 14 heavy (non-hydrogen) atoms. The van der Waals surface area contributed by atoms with Crippen molar-refractivity contribution in [1.29, 1.82) is 0 Å². The van der Waals surface area contributed by atoms with Gasteiger partial charge in [0.05, 0.1) is 4.92 Å². The molecular weight excluding hydrogens is 206 g/mol. The third kappa shape index (κ3) is 2.31. The zero-order chi connectivity index (χ0) is 10.6. The monoisotopic (exact) mass is 213 g/mol. The number of hydrogen-bond donors (Lipinski definition) is 1. The van der Waals surface area contributed by atoms with Gasteiger partial charge in [0.1, 0.15) is 11.6 Å². The first-order valence-electron chi connectivity index (χ1n) is 3.86. The largest absolute Gasteiger partial charge is 0.385 e. The van der Waals surface area contributed by atoms with Gasteiger partial charge in [-0.1, -0.05) is 41.9 Å². The molecule has 74 valence electrons. The summed E-state index contributed by atoms with van der Waals surface area (Å²) in [6.45, 7) is -0.680. The molecule has 1 aromatic rings. The molecule has 1 N–H and O–H groups in total. The molecule has 0 aliphatic rings. The predicted molar refractivity (Wildman–Crippen MR) is 53.3 cm³/mol. The molecule has 4 nitrogen and oxygen atoms in total. The summed E-state index contributed by atoms with van der Waals surface area (Å²) in [7, 11) is 0. The van der Waals surface area contributed by atoms with Crippen LogP contribution in [0.15, 0.2) is 36.0 Å². The van der Waals surface area contributed by atoms with E-state index in [-0.39, 0.29) is 5.03 Å². The first kappa shape index (κ1) is 10.7. The molecule has 0 bridgehead atoms. The van der Waals surface area contributed by atoms with Gasteiger partial charge in [-0.25, -0.2) is 0 Å². The van der Waals surface area contributed by atoms with Gasteiger partial charge in [-0.15, -0.1) is 0 Å². The average molecular weight is 214 g/mol. The second-order valence-corrected chi connectivity index (χ2v) is 2.92. The van der Waals surface area contributed by atoms with Crippen molar-refractivity contribution in [2.24, 2.45) is 0 Å². The Labute approximate surface area is 85.6 Å². The first-order chi connectivity index (χ1) is 6.66. The van der Waals surface area contributed by atoms with Crippen molar-refractivity contribution < 1.29 is 10.0 Å². The Morgan fingerprint density at radius 3 is 2.43 bits per heavy atom. The maximum absolute atomic E-state index is 10.4. The normalized spacial score (nSPS) is 12.1. The van der Waals surface area contributed by atoms with Gasteiger partial charge < -0.3 is 5.11 Å². The molecule has 5 heteroatoms. The summed E-state index contributed by atoms with van der Waals surface area (Å²) in [5, 5.41) is 19.2. The van der Waals surface area contributed by atoms with E-state index in [1.807, 2.05) is 0 Å². The van der Waals surface area contributed by atoms with Crippen LogP contribution in [0, 0.1) is 10.1 Å². The molecule has 0 spiro atoms. The highest BCUT2D eigenvalue weighted by Crippen LogP contribution is 2.22. The van der Waals surface area contributed by atoms with E-state index >= 15 is 0 Å². The Bertz CT molecular complexity index is 362. The standard InChI is InChI=1S/C9H8ClNO3/c10-9(8(6-12)11(13)14)7-4-2-1-3-5-7/h1-5,12H,6H2/b9-8-. The topological polar surface area (TPSA) is 63.4 Å². The number of hydrogen-bond acceptors (Lipinski definition) is 3. The van der Waals surface area contributed by atoms with Gasteiger partial charge in [0, 0.05) is 0 Å². The lowest BCUT2D eigenvalue weighted by Gasteiger charge is -1.99. The van der Waals surface area contributed by atoms with Gasteiger partial charge in [0.2, 0.25) is 0 Å². The van der Waals surface area contributed by atoms with Crippen molar-refractivity contribution in [3.05, 3.63) is 51.7 Å². The van der Waals surface area contributed by atoms with Gasteiger partial charge in [0.25, 0.3) is 5.70 Å². The minimum atomic E-state index is -0.685. The fraction of sp³-hybridized carbons (Fsp3) is 0.111. The highest BCUT2D eigenvalue weighted by molar-refractivity contribution is 6.49. The van der Waals surface area contributed by atoms with E-state index in [4.69, 9.17) is 16.7 Å². The third-order valence-corrected chi connectivity index (χ3v) is 2.09. The van der Waals surface area contributed by atoms with E-state index in [0.29, 0.717) is 5.56 Å². The molecule has 1 aromatic carbocycles. The number of benzene rings is 1. The molecule has 0 heterocycles. The van der Waals surface area contributed by atoms with Crippen LogP contribution in [-0.2, 0) is 0 Å². The van der Waals surface area contributed by atoms with Gasteiger partial charge in [-0.05, 0) is 5.56 Å². The summed E-state index contributed by atoms with van der Waals surface area (Å²) in [6.07, 6.45) is 0. The minimum absolute atomic E-state index is 0.0295. The van der Waals surface area contributed by atoms with Crippen LogP contribution in [0.1, 0.15) is 5.56 Å². The molecule has 0 saturated heterocycles. The second kappa shape index (κ2) is 4.74. The number of aliphatic hydroxyl groups is 1. The van der Waals surface area contributed by atoms with E-state index < -0.39 is 17.2 Å². The zero-order valence-electron chi connectivity index (χ0n) is 7.18. The van der Waals surface area contributed by atoms with Crippen molar-refractivity contribution in [2.45, 2.75) is 0 Å². The van der Waals surface area contributed by atoms with Crippen LogP contribution in [0.4, 0.5) is 0 Å². The fourth-order valence-electron chi connectivity index (χ4n) is 0.958. The number of nitro groups is 1. The van der Waals surface area contributed by atoms with E-state index in [1.54, 1.807) is 30.3 Å². The van der Waals surface area contributed by atoms with Crippen LogP contribution >= 0.6 is 11.6 Å². The summed E-state index contributed by atoms with van der Waals surface area (Å²) >= 11 is 5.75. The number of aliphatic hydroxyl groups excluding tert-OH is 1. The molecule has 0 unspecified atom stereocenters. The Morgan fingerprint density at radius 1 is 1.43 bits per heavy atom. The number of nitrogens with zero attached hydrogens (tertiary/aromatic N) is 1. The van der Waals surface area contributed by atoms with E-state index in [1.165, 1.54) is 0 Å². The van der Waals surface area contributed by atoms with E-state index in [0.717, 1.165) is 0 Å². The van der Waals surface area contributed by atoms with Crippen LogP contribution in [-0.4, -0.2) is 16.6 Å². The Morgan fingerprint density at radius 2 is 2.00 bits per heavy atom. The quantitative estimate of drug-likeness (QED) is 0.616. The SMILES string of the molecule is O=[N+]([O-])/C(CO)=C(\Cl)c1ccccc1. The summed E-state index contributed by atoms with van der Waals surface area (Å²) in [6, 6.07) is 8.49. The van der Waals surface area contributed by atoms with E-state index in [9.17, 15) is 10.1 Å². The summed E-state index contributed by atoms with van der Waals surface area (Å²) in [5.41, 5.74) is 0.132. The maximum atomic E-state index is 10.4. The minimum Gasteiger partial charge on any atom is -0.385 e. The highest BCUT2D eigenvalue weighted by Gasteiger charge is 2.16. The lowest BCUT2D eigenvalue weighted by molar-refractivity contribution is -0.428. The molecule has 0 radical (unpaired) electrons. The third-order valence-electron chi connectivity index (χ3n) is 1.65. The molecule has 0 aliphatic carbocycles. The van der Waals surface area contributed by atoms with Crippen molar-refractivity contribution in [3.63, 3.8) is 0 Å². The molecule has 0 aromatic heterocycles. The second-order valence-electron chi connectivity index (χ2n) is 2.54. The molecule has 0 fully saturated rings. The van der Waals surface area contributed by atoms with Gasteiger partial charge >= 0.3 is 0 Å². The van der Waals surface area contributed by atoms with Crippen LogP contribution in [0.25, 0.3) is 5.03 Å². The summed E-state index contributed by atoms with van der Waals surface area (Å²) in [4.78, 5) is 9.76. The van der Waals surface area contributed by atoms with Crippen LogP contribution in [0.5, 0.6) is 0 Å². The van der Waals surface area contributed by atoms with Crippen LogP contribution in [0.3, 0.4) is 0 Å². The van der Waals surface area contributed by atoms with Crippen molar-refractivity contribution >= 4 is 16.6 Å². The molecule has 0 amide bonds. The Balaban J connectivity index is 3.15. The zero-order valence-corrected chi connectivity index (χ0v) is 7.94. The van der Waals surface area contributed by atoms with Crippen LogP contribution in [0.2, 0.25) is 0 Å². The molecular formula is C9H8ClNO3. The Hall–Kier alpha value is -1.39. The van der Waals surface area contributed by atoms with Crippen molar-refractivity contribution in [2.75, 3.05) is 6.61 Å². The maximum Gasteiger partial charge on any atom is 0.290 e. The fourth-order valence-corrected chi connectivity index (χ4v) is 1.21. The van der Waals surface area contributed by atoms with Crippen LogP contribution < -0.4 is 0 Å². The summed E-state index contributed by atoms with van der Waals surface area (Å²) < 4.78 is 0. The average Bonchev–Trinajstić information content (AvgIpc) is 2.19.